The van der Waals surface area contributed by atoms with Crippen LogP contribution >= 0.6 is 23.2 Å². The second-order valence-electron chi connectivity index (χ2n) is 4.58. The highest BCUT2D eigenvalue weighted by Gasteiger charge is 2.27. The Morgan fingerprint density at radius 2 is 1.80 bits per heavy atom. The van der Waals surface area contributed by atoms with Crippen molar-refractivity contribution < 1.29 is 4.74 Å². The molecule has 2 aromatic rings. The summed E-state index contributed by atoms with van der Waals surface area (Å²) in [6.45, 7) is 0. The van der Waals surface area contributed by atoms with Crippen molar-refractivity contribution in [1.82, 2.24) is 9.97 Å². The highest BCUT2D eigenvalue weighted by atomic mass is 35.5. The van der Waals surface area contributed by atoms with Crippen LogP contribution in [0.3, 0.4) is 0 Å². The van der Waals surface area contributed by atoms with Crippen LogP contribution in [0.2, 0.25) is 10.0 Å². The van der Waals surface area contributed by atoms with Gasteiger partial charge in [0.15, 0.2) is 0 Å². The third-order valence-electron chi connectivity index (χ3n) is 2.87. The molecule has 0 amide bonds. The maximum Gasteiger partial charge on any atom is 0.224 e. The molecule has 0 atom stereocenters. The Labute approximate surface area is 126 Å². The lowest BCUT2D eigenvalue weighted by atomic mass is 10.3. The number of ether oxygens (including phenoxy) is 1. The van der Waals surface area contributed by atoms with Crippen LogP contribution in [0.1, 0.15) is 24.6 Å². The Hall–Kier alpha value is -1.56. The summed E-state index contributed by atoms with van der Waals surface area (Å²) >= 11 is 11.9. The van der Waals surface area contributed by atoms with E-state index in [-0.39, 0.29) is 0 Å². The van der Waals surface area contributed by atoms with E-state index in [4.69, 9.17) is 33.8 Å². The van der Waals surface area contributed by atoms with Gasteiger partial charge in [-0.05, 0) is 31.0 Å². The van der Waals surface area contributed by atoms with Gasteiger partial charge >= 0.3 is 0 Å². The van der Waals surface area contributed by atoms with Gasteiger partial charge in [0, 0.05) is 22.0 Å². The molecule has 1 heterocycles. The molecule has 5 nitrogen and oxygen atoms in total. The van der Waals surface area contributed by atoms with Gasteiger partial charge in [0.05, 0.1) is 0 Å². The summed E-state index contributed by atoms with van der Waals surface area (Å²) in [6.07, 6.45) is 2.19. The number of halogens is 2. The molecule has 0 saturated heterocycles. The number of nitrogen functional groups attached to an aromatic ring is 1. The third-order valence-corrected chi connectivity index (χ3v) is 3.31. The van der Waals surface area contributed by atoms with Gasteiger partial charge in [-0.15, -0.1) is 0 Å². The van der Waals surface area contributed by atoms with Gasteiger partial charge in [-0.25, -0.2) is 10.8 Å². The number of anilines is 1. The number of nitrogens with two attached hydrogens (primary N) is 1. The smallest absolute Gasteiger partial charge is 0.224 e. The fourth-order valence-corrected chi connectivity index (χ4v) is 2.31. The highest BCUT2D eigenvalue weighted by molar-refractivity contribution is 6.34. The second-order valence-corrected chi connectivity index (χ2v) is 5.45. The van der Waals surface area contributed by atoms with Gasteiger partial charge in [-0.3, -0.25) is 0 Å². The van der Waals surface area contributed by atoms with E-state index in [1.165, 1.54) is 0 Å². The van der Waals surface area contributed by atoms with E-state index in [2.05, 4.69) is 15.4 Å². The zero-order chi connectivity index (χ0) is 14.1. The minimum absolute atomic E-state index is 0.397. The molecule has 1 aromatic carbocycles. The van der Waals surface area contributed by atoms with E-state index in [1.807, 2.05) is 0 Å². The van der Waals surface area contributed by atoms with Crippen molar-refractivity contribution in [1.29, 1.82) is 0 Å². The third kappa shape index (κ3) is 3.12. The van der Waals surface area contributed by atoms with Gasteiger partial charge < -0.3 is 10.2 Å². The van der Waals surface area contributed by atoms with Gasteiger partial charge in [-0.1, -0.05) is 23.2 Å². The second kappa shape index (κ2) is 5.44. The average molecular weight is 311 g/mol. The van der Waals surface area contributed by atoms with Gasteiger partial charge in [-0.2, -0.15) is 4.98 Å². The largest absolute Gasteiger partial charge is 0.439 e. The van der Waals surface area contributed by atoms with Gasteiger partial charge in [0.25, 0.3) is 0 Å². The van der Waals surface area contributed by atoms with Gasteiger partial charge in [0.1, 0.15) is 17.4 Å². The van der Waals surface area contributed by atoms with Crippen molar-refractivity contribution >= 4 is 29.0 Å². The average Bonchev–Trinajstić information content (AvgIpc) is 3.21. The van der Waals surface area contributed by atoms with Crippen LogP contribution in [-0.2, 0) is 0 Å². The van der Waals surface area contributed by atoms with Crippen molar-refractivity contribution in [3.63, 3.8) is 0 Å². The lowest BCUT2D eigenvalue weighted by molar-refractivity contribution is 0.459. The normalized spacial score (nSPS) is 14.2. The van der Waals surface area contributed by atoms with Crippen LogP contribution in [0.4, 0.5) is 5.82 Å². The molecule has 1 aliphatic rings. The van der Waals surface area contributed by atoms with Gasteiger partial charge in [0.2, 0.25) is 5.88 Å². The zero-order valence-corrected chi connectivity index (χ0v) is 11.9. The number of aromatic nitrogens is 2. The summed E-state index contributed by atoms with van der Waals surface area (Å²) in [7, 11) is 0. The predicted molar refractivity (Wildman–Crippen MR) is 78.4 cm³/mol. The molecule has 1 aliphatic carbocycles. The van der Waals surface area contributed by atoms with E-state index in [0.717, 1.165) is 18.7 Å². The molecule has 1 fully saturated rings. The van der Waals surface area contributed by atoms with E-state index in [1.54, 1.807) is 24.3 Å². The maximum absolute atomic E-state index is 5.94. The predicted octanol–water partition coefficient (Wildman–Crippen LogP) is 3.74. The minimum Gasteiger partial charge on any atom is -0.439 e. The number of hydrogen-bond acceptors (Lipinski definition) is 5. The summed E-state index contributed by atoms with van der Waals surface area (Å²) in [5.41, 5.74) is 2.52. The quantitative estimate of drug-likeness (QED) is 0.665. The number of benzene rings is 1. The van der Waals surface area contributed by atoms with Crippen LogP contribution in [0.25, 0.3) is 0 Å². The number of hydrazine groups is 1. The fraction of sp³-hybridized carbons (Fsp3) is 0.231. The van der Waals surface area contributed by atoms with Crippen LogP contribution in [0.15, 0.2) is 24.3 Å². The number of rotatable bonds is 4. The molecule has 7 heteroatoms. The molecule has 0 radical (unpaired) electrons. The Kier molecular flexibility index (Phi) is 3.65. The SMILES string of the molecule is NNc1cc(Oc2cc(Cl)cc(Cl)c2)nc(C2CC2)n1. The van der Waals surface area contributed by atoms with Crippen LogP contribution in [-0.4, -0.2) is 9.97 Å². The van der Waals surface area contributed by atoms with E-state index in [9.17, 15) is 0 Å². The molecule has 0 unspecified atom stereocenters. The van der Waals surface area contributed by atoms with Crippen LogP contribution in [0.5, 0.6) is 11.6 Å². The Balaban J connectivity index is 1.90. The zero-order valence-electron chi connectivity index (χ0n) is 10.4. The minimum atomic E-state index is 0.397. The Bertz CT molecular complexity index is 626. The number of hydrogen-bond donors (Lipinski definition) is 2. The van der Waals surface area contributed by atoms with Crippen molar-refractivity contribution in [2.24, 2.45) is 5.84 Å². The fourth-order valence-electron chi connectivity index (χ4n) is 1.80. The van der Waals surface area contributed by atoms with Crippen molar-refractivity contribution in [3.8, 4) is 11.6 Å². The first-order chi connectivity index (χ1) is 9.64. The molecule has 0 spiro atoms. The number of nitrogens with zero attached hydrogens (tertiary/aromatic N) is 2. The van der Waals surface area contributed by atoms with Crippen molar-refractivity contribution in [3.05, 3.63) is 40.1 Å². The lowest BCUT2D eigenvalue weighted by Gasteiger charge is -2.09. The molecule has 3 N–H and O–H groups in total. The summed E-state index contributed by atoms with van der Waals surface area (Å²) in [6, 6.07) is 6.60. The van der Waals surface area contributed by atoms with E-state index in [0.29, 0.717) is 33.4 Å². The monoisotopic (exact) mass is 310 g/mol. The van der Waals surface area contributed by atoms with Crippen LogP contribution in [0, 0.1) is 0 Å². The Morgan fingerprint density at radius 3 is 2.40 bits per heavy atom. The topological polar surface area (TPSA) is 73.1 Å². The van der Waals surface area contributed by atoms with E-state index >= 15 is 0 Å². The summed E-state index contributed by atoms with van der Waals surface area (Å²) in [5, 5.41) is 1.00. The first-order valence-electron chi connectivity index (χ1n) is 6.13. The molecule has 1 aromatic heterocycles. The highest BCUT2D eigenvalue weighted by Crippen LogP contribution is 2.39. The summed E-state index contributed by atoms with van der Waals surface area (Å²) < 4.78 is 5.69. The first kappa shape index (κ1) is 13.4. The summed E-state index contributed by atoms with van der Waals surface area (Å²) in [4.78, 5) is 8.69. The molecule has 20 heavy (non-hydrogen) atoms. The van der Waals surface area contributed by atoms with Crippen LogP contribution < -0.4 is 16.0 Å². The molecular formula is C13H12Cl2N4O. The molecule has 0 bridgehead atoms. The summed E-state index contributed by atoms with van der Waals surface area (Å²) in [5.74, 6) is 8.00. The van der Waals surface area contributed by atoms with Crippen molar-refractivity contribution in [2.45, 2.75) is 18.8 Å². The number of nitrogens with one attached hydrogen (secondary N) is 1. The standard InChI is InChI=1S/C13H12Cl2N4O/c14-8-3-9(15)5-10(4-8)20-12-6-11(19-16)17-13(18-12)7-1-2-7/h3-7H,1-2,16H2,(H,17,18,19). The molecular weight excluding hydrogens is 299 g/mol. The maximum atomic E-state index is 5.94. The lowest BCUT2D eigenvalue weighted by Crippen LogP contribution is -2.10. The molecule has 104 valence electrons. The Morgan fingerprint density at radius 1 is 1.10 bits per heavy atom. The molecule has 1 saturated carbocycles. The molecule has 0 aliphatic heterocycles. The van der Waals surface area contributed by atoms with Crippen molar-refractivity contribution in [2.75, 3.05) is 5.43 Å². The first-order valence-corrected chi connectivity index (χ1v) is 6.89. The van der Waals surface area contributed by atoms with E-state index < -0.39 is 0 Å². The molecule has 3 rings (SSSR count).